The average molecular weight is 446 g/mol. The molecule has 3 N–H and O–H groups in total. The van der Waals surface area contributed by atoms with Crippen LogP contribution >= 0.6 is 0 Å². The number of amides is 1. The Hall–Kier alpha value is -2.15. The number of fused-ring (bicyclic) bond motifs is 1. The van der Waals surface area contributed by atoms with E-state index in [1.165, 1.54) is 0 Å². The third-order valence-corrected chi connectivity index (χ3v) is 9.01. The summed E-state index contributed by atoms with van der Waals surface area (Å²) < 4.78 is 24.8. The average Bonchev–Trinajstić information content (AvgIpc) is 3.13. The Morgan fingerprint density at radius 3 is 2.52 bits per heavy atom. The molecular weight excluding hydrogens is 414 g/mol. The van der Waals surface area contributed by atoms with Crippen LogP contribution in [0.5, 0.6) is 0 Å². The molecule has 1 amide bonds. The molecule has 3 fully saturated rings. The summed E-state index contributed by atoms with van der Waals surface area (Å²) in [5.74, 6) is -0.313. The zero-order chi connectivity index (χ0) is 22.2. The van der Waals surface area contributed by atoms with E-state index in [9.17, 15) is 18.5 Å². The molecule has 2 aliphatic heterocycles. The van der Waals surface area contributed by atoms with Gasteiger partial charge in [0.05, 0.1) is 28.1 Å². The maximum Gasteiger partial charge on any atom is 0.228 e. The molecule has 2 heterocycles. The molecule has 0 radical (unpaired) electrons. The number of anilines is 1. The van der Waals surface area contributed by atoms with Crippen molar-refractivity contribution in [2.24, 2.45) is 11.8 Å². The molecule has 3 aliphatic rings. The summed E-state index contributed by atoms with van der Waals surface area (Å²) in [7, 11) is -3.33. The first-order chi connectivity index (χ1) is 14.8. The van der Waals surface area contributed by atoms with Crippen LogP contribution in [0.15, 0.2) is 29.2 Å². The molecule has 0 spiro atoms. The number of nitriles is 1. The molecule has 5 atom stereocenters. The van der Waals surface area contributed by atoms with Gasteiger partial charge in [0.2, 0.25) is 5.91 Å². The number of nitrogens with one attached hydrogen (secondary N) is 3. The molecular formula is C22H31N5O3S. The topological polar surface area (TPSA) is 114 Å². The maximum absolute atomic E-state index is 12.8. The fraction of sp³-hybridized carbons (Fsp3) is 0.636. The van der Waals surface area contributed by atoms with Crippen molar-refractivity contribution in [3.8, 4) is 6.07 Å². The van der Waals surface area contributed by atoms with E-state index in [1.807, 2.05) is 0 Å². The highest BCUT2D eigenvalue weighted by Gasteiger charge is 2.51. The third-order valence-electron chi connectivity index (χ3n) is 6.84. The number of carbonyl (C=O) groups excluding carboxylic acids is 1. The van der Waals surface area contributed by atoms with Crippen molar-refractivity contribution < 1.29 is 13.2 Å². The second kappa shape index (κ2) is 8.77. The summed E-state index contributed by atoms with van der Waals surface area (Å²) >= 11 is 0. The summed E-state index contributed by atoms with van der Waals surface area (Å²) in [5, 5.41) is 17.7. The quantitative estimate of drug-likeness (QED) is 0.635. The highest BCUT2D eigenvalue weighted by atomic mass is 32.2. The lowest BCUT2D eigenvalue weighted by atomic mass is 9.83. The number of hydrogen-bond donors (Lipinski definition) is 3. The van der Waals surface area contributed by atoms with Gasteiger partial charge in [0.1, 0.15) is 6.17 Å². The molecule has 8 nitrogen and oxygen atoms in total. The van der Waals surface area contributed by atoms with Gasteiger partial charge >= 0.3 is 0 Å². The number of rotatable bonds is 5. The number of benzene rings is 1. The molecule has 9 heteroatoms. The standard InChI is InChI=1S/C22H31N5O3S/c1-14(2)31(29,30)17-9-7-16(8-10-17)25-21-20-19(11-12-24-22(20)28)27(26-21)18-6-4-3-5-15(18)13-23/h7-10,14-15,18-21,25-26H,3-6,11-12H2,1-2H3,(H,24,28)/t15-,18+,19?,20?,21?/m1/s1. The van der Waals surface area contributed by atoms with Crippen LogP contribution in [0.25, 0.3) is 0 Å². The third kappa shape index (κ3) is 4.16. The first-order valence-electron chi connectivity index (χ1n) is 11.1. The Labute approximate surface area is 184 Å². The number of hydrogen-bond acceptors (Lipinski definition) is 7. The van der Waals surface area contributed by atoms with E-state index in [-0.39, 0.29) is 36.0 Å². The van der Waals surface area contributed by atoms with Gasteiger partial charge in [0, 0.05) is 24.3 Å². The normalized spacial score (nSPS) is 31.7. The van der Waals surface area contributed by atoms with Gasteiger partial charge in [-0.15, -0.1) is 0 Å². The molecule has 1 aliphatic carbocycles. The van der Waals surface area contributed by atoms with Gasteiger partial charge in [0.25, 0.3) is 0 Å². The minimum Gasteiger partial charge on any atom is -0.368 e. The van der Waals surface area contributed by atoms with E-state index in [4.69, 9.17) is 0 Å². The number of sulfone groups is 1. The lowest BCUT2D eigenvalue weighted by molar-refractivity contribution is -0.128. The van der Waals surface area contributed by atoms with Crippen LogP contribution in [-0.4, -0.2) is 49.4 Å². The smallest absolute Gasteiger partial charge is 0.228 e. The van der Waals surface area contributed by atoms with E-state index in [0.29, 0.717) is 11.4 Å². The van der Waals surface area contributed by atoms with Gasteiger partial charge in [0.15, 0.2) is 9.84 Å². The van der Waals surface area contributed by atoms with Crippen molar-refractivity contribution in [3.05, 3.63) is 24.3 Å². The van der Waals surface area contributed by atoms with Crippen molar-refractivity contribution in [1.29, 1.82) is 5.26 Å². The maximum atomic E-state index is 12.8. The molecule has 31 heavy (non-hydrogen) atoms. The van der Waals surface area contributed by atoms with E-state index in [1.54, 1.807) is 38.1 Å². The Morgan fingerprint density at radius 1 is 1.13 bits per heavy atom. The Morgan fingerprint density at radius 2 is 1.84 bits per heavy atom. The number of piperidine rings is 1. The molecule has 1 saturated carbocycles. The van der Waals surface area contributed by atoms with Gasteiger partial charge in [-0.05, 0) is 57.4 Å². The van der Waals surface area contributed by atoms with Gasteiger partial charge < -0.3 is 10.6 Å². The van der Waals surface area contributed by atoms with Crippen LogP contribution in [-0.2, 0) is 14.6 Å². The van der Waals surface area contributed by atoms with Crippen LogP contribution in [0.4, 0.5) is 5.69 Å². The Bertz CT molecular complexity index is 956. The second-order valence-corrected chi connectivity index (χ2v) is 11.5. The molecule has 1 aromatic rings. The van der Waals surface area contributed by atoms with Crippen LogP contribution in [0, 0.1) is 23.2 Å². The molecule has 4 rings (SSSR count). The summed E-state index contributed by atoms with van der Waals surface area (Å²) in [5.41, 5.74) is 4.25. The van der Waals surface area contributed by atoms with Crippen LogP contribution in [0.1, 0.15) is 46.0 Å². The van der Waals surface area contributed by atoms with E-state index in [2.05, 4.69) is 27.1 Å². The Balaban J connectivity index is 1.55. The zero-order valence-electron chi connectivity index (χ0n) is 18.0. The number of nitrogens with zero attached hydrogens (tertiary/aromatic N) is 2. The lowest BCUT2D eigenvalue weighted by Crippen LogP contribution is -2.54. The van der Waals surface area contributed by atoms with Crippen molar-refractivity contribution >= 4 is 21.4 Å². The first kappa shape index (κ1) is 22.1. The van der Waals surface area contributed by atoms with Gasteiger partial charge in [-0.1, -0.05) is 12.8 Å². The fourth-order valence-electron chi connectivity index (χ4n) is 5.09. The van der Waals surface area contributed by atoms with E-state index >= 15 is 0 Å². The molecule has 0 bridgehead atoms. The molecule has 3 unspecified atom stereocenters. The predicted octanol–water partition coefficient (Wildman–Crippen LogP) is 2.01. The lowest BCUT2D eigenvalue weighted by Gasteiger charge is -2.39. The van der Waals surface area contributed by atoms with E-state index in [0.717, 1.165) is 37.8 Å². The van der Waals surface area contributed by atoms with Crippen LogP contribution < -0.4 is 16.1 Å². The van der Waals surface area contributed by atoms with Crippen molar-refractivity contribution in [2.45, 2.75) is 74.3 Å². The van der Waals surface area contributed by atoms with E-state index < -0.39 is 15.1 Å². The summed E-state index contributed by atoms with van der Waals surface area (Å²) in [6.07, 6.45) is 4.53. The van der Waals surface area contributed by atoms with Crippen molar-refractivity contribution in [1.82, 2.24) is 15.8 Å². The summed E-state index contributed by atoms with van der Waals surface area (Å²) in [6, 6.07) is 9.31. The van der Waals surface area contributed by atoms with Crippen molar-refractivity contribution in [2.75, 3.05) is 11.9 Å². The minimum atomic E-state index is -3.33. The fourth-order valence-corrected chi connectivity index (χ4v) is 6.15. The largest absolute Gasteiger partial charge is 0.368 e. The number of carbonyl (C=O) groups is 1. The second-order valence-electron chi connectivity index (χ2n) is 9.04. The predicted molar refractivity (Wildman–Crippen MR) is 117 cm³/mol. The highest BCUT2D eigenvalue weighted by Crippen LogP contribution is 2.36. The highest BCUT2D eigenvalue weighted by molar-refractivity contribution is 7.92. The summed E-state index contributed by atoms with van der Waals surface area (Å²) in [4.78, 5) is 13.0. The number of hydrazine groups is 1. The SMILES string of the molecule is CC(C)S(=O)(=O)c1ccc(NC2NN([C@H]3CCCC[C@@H]3C#N)C3CCNC(=O)C23)cc1. The zero-order valence-corrected chi connectivity index (χ0v) is 18.9. The first-order valence-corrected chi connectivity index (χ1v) is 12.7. The van der Waals surface area contributed by atoms with Crippen molar-refractivity contribution in [3.63, 3.8) is 0 Å². The Kier molecular flexibility index (Phi) is 6.24. The molecule has 1 aromatic carbocycles. The molecule has 168 valence electrons. The van der Waals surface area contributed by atoms with Crippen LogP contribution in [0.3, 0.4) is 0 Å². The summed E-state index contributed by atoms with van der Waals surface area (Å²) in [6.45, 7) is 3.97. The van der Waals surface area contributed by atoms with Gasteiger partial charge in [-0.25, -0.2) is 18.9 Å². The minimum absolute atomic E-state index is 0.00655. The molecule has 0 aromatic heterocycles. The van der Waals surface area contributed by atoms with Gasteiger partial charge in [-0.2, -0.15) is 5.26 Å². The molecule has 2 saturated heterocycles. The van der Waals surface area contributed by atoms with Crippen LogP contribution in [0.2, 0.25) is 0 Å². The monoisotopic (exact) mass is 445 g/mol. The van der Waals surface area contributed by atoms with Gasteiger partial charge in [-0.3, -0.25) is 4.79 Å².